The molecule has 66 valence electrons. The van der Waals surface area contributed by atoms with Gasteiger partial charge in [0.1, 0.15) is 0 Å². The number of nitro groups is 1. The standard InChI is InChI=1S/C7H3BrN2O2S/c8-5-2-1-3-6(10(11)12)7(5)9-4-13/h1-3H. The van der Waals surface area contributed by atoms with E-state index < -0.39 is 4.92 Å². The third kappa shape index (κ3) is 2.18. The minimum atomic E-state index is -0.518. The van der Waals surface area contributed by atoms with Gasteiger partial charge in [-0.3, -0.25) is 10.1 Å². The molecule has 0 unspecified atom stereocenters. The zero-order chi connectivity index (χ0) is 9.84. The molecule has 0 aliphatic heterocycles. The molecule has 0 aliphatic carbocycles. The smallest absolute Gasteiger partial charge is 0.258 e. The first-order valence-corrected chi connectivity index (χ1v) is 4.37. The Kier molecular flexibility index (Phi) is 3.25. The molecule has 0 amide bonds. The van der Waals surface area contributed by atoms with Crippen LogP contribution in [0.15, 0.2) is 27.7 Å². The number of isothiocyanates is 1. The van der Waals surface area contributed by atoms with Crippen molar-refractivity contribution in [1.29, 1.82) is 0 Å². The molecule has 13 heavy (non-hydrogen) atoms. The average Bonchev–Trinajstić information content (AvgIpc) is 2.08. The Labute approximate surface area is 87.6 Å². The number of hydrogen-bond acceptors (Lipinski definition) is 4. The predicted molar refractivity (Wildman–Crippen MR) is 55.5 cm³/mol. The predicted octanol–water partition coefficient (Wildman–Crippen LogP) is 3.09. The third-order valence-electron chi connectivity index (χ3n) is 1.32. The molecule has 1 aromatic carbocycles. The Morgan fingerprint density at radius 2 is 2.31 bits per heavy atom. The molecule has 0 N–H and O–H groups in total. The fraction of sp³-hybridized carbons (Fsp3) is 0. The van der Waals surface area contributed by atoms with E-state index in [1.807, 2.05) is 0 Å². The van der Waals surface area contributed by atoms with Gasteiger partial charge in [0.2, 0.25) is 0 Å². The summed E-state index contributed by atoms with van der Waals surface area (Å²) in [7, 11) is 0. The van der Waals surface area contributed by atoms with Crippen molar-refractivity contribution >= 4 is 44.7 Å². The summed E-state index contributed by atoms with van der Waals surface area (Å²) in [5, 5.41) is 12.6. The van der Waals surface area contributed by atoms with Crippen LogP contribution < -0.4 is 0 Å². The van der Waals surface area contributed by atoms with E-state index in [9.17, 15) is 10.1 Å². The Hall–Kier alpha value is -1.10. The van der Waals surface area contributed by atoms with Crippen LogP contribution in [0.3, 0.4) is 0 Å². The lowest BCUT2D eigenvalue weighted by Gasteiger charge is -1.96. The molecule has 0 spiro atoms. The van der Waals surface area contributed by atoms with Gasteiger partial charge in [-0.25, -0.2) is 0 Å². The fourth-order valence-electron chi connectivity index (χ4n) is 0.808. The molecular weight excluding hydrogens is 256 g/mol. The van der Waals surface area contributed by atoms with Crippen molar-refractivity contribution in [3.63, 3.8) is 0 Å². The Morgan fingerprint density at radius 3 is 2.85 bits per heavy atom. The van der Waals surface area contributed by atoms with Crippen molar-refractivity contribution in [1.82, 2.24) is 0 Å². The Morgan fingerprint density at radius 1 is 1.62 bits per heavy atom. The minimum absolute atomic E-state index is 0.0910. The zero-order valence-electron chi connectivity index (χ0n) is 6.23. The van der Waals surface area contributed by atoms with Gasteiger partial charge in [0.05, 0.1) is 14.6 Å². The van der Waals surface area contributed by atoms with Gasteiger partial charge in [0.25, 0.3) is 5.69 Å². The van der Waals surface area contributed by atoms with Crippen molar-refractivity contribution in [3.05, 3.63) is 32.8 Å². The van der Waals surface area contributed by atoms with Crippen LogP contribution in [-0.2, 0) is 0 Å². The quantitative estimate of drug-likeness (QED) is 0.355. The molecule has 0 saturated heterocycles. The summed E-state index contributed by atoms with van der Waals surface area (Å²) >= 11 is 7.51. The molecule has 4 nitrogen and oxygen atoms in total. The van der Waals surface area contributed by atoms with Gasteiger partial charge >= 0.3 is 0 Å². The van der Waals surface area contributed by atoms with Crippen molar-refractivity contribution in [2.75, 3.05) is 0 Å². The number of nitro benzene ring substituents is 1. The van der Waals surface area contributed by atoms with E-state index in [1.54, 1.807) is 12.1 Å². The summed E-state index contributed by atoms with van der Waals surface area (Å²) in [6.45, 7) is 0. The van der Waals surface area contributed by atoms with E-state index in [4.69, 9.17) is 0 Å². The van der Waals surface area contributed by atoms with Gasteiger partial charge in [0, 0.05) is 6.07 Å². The van der Waals surface area contributed by atoms with E-state index in [2.05, 4.69) is 38.3 Å². The minimum Gasteiger partial charge on any atom is -0.258 e. The number of halogens is 1. The topological polar surface area (TPSA) is 55.5 Å². The number of hydrogen-bond donors (Lipinski definition) is 0. The molecule has 0 aromatic heterocycles. The molecule has 0 aliphatic rings. The average molecular weight is 259 g/mol. The zero-order valence-corrected chi connectivity index (χ0v) is 8.63. The third-order valence-corrected chi connectivity index (χ3v) is 2.05. The van der Waals surface area contributed by atoms with Crippen LogP contribution in [0.2, 0.25) is 0 Å². The van der Waals surface area contributed by atoms with Crippen LogP contribution in [-0.4, -0.2) is 10.1 Å². The number of benzene rings is 1. The van der Waals surface area contributed by atoms with Gasteiger partial charge in [-0.1, -0.05) is 6.07 Å². The van der Waals surface area contributed by atoms with Gasteiger partial charge in [0.15, 0.2) is 5.69 Å². The highest BCUT2D eigenvalue weighted by molar-refractivity contribution is 9.10. The number of para-hydroxylation sites is 1. The van der Waals surface area contributed by atoms with Crippen LogP contribution in [0.1, 0.15) is 0 Å². The molecule has 1 aromatic rings. The molecule has 1 rings (SSSR count). The molecule has 0 heterocycles. The highest BCUT2D eigenvalue weighted by Gasteiger charge is 2.14. The maximum Gasteiger partial charge on any atom is 0.296 e. The molecule has 0 bridgehead atoms. The highest BCUT2D eigenvalue weighted by Crippen LogP contribution is 2.34. The first-order valence-electron chi connectivity index (χ1n) is 3.17. The molecular formula is C7H3BrN2O2S. The highest BCUT2D eigenvalue weighted by atomic mass is 79.9. The summed E-state index contributed by atoms with van der Waals surface area (Å²) < 4.78 is 0.527. The number of rotatable bonds is 2. The first-order chi connectivity index (χ1) is 6.16. The maximum absolute atomic E-state index is 10.5. The van der Waals surface area contributed by atoms with Crippen LogP contribution in [0.5, 0.6) is 0 Å². The Bertz CT molecular complexity index is 401. The second-order valence-corrected chi connectivity index (χ2v) is 3.10. The summed E-state index contributed by atoms with van der Waals surface area (Å²) in [6, 6.07) is 4.57. The summed E-state index contributed by atoms with van der Waals surface area (Å²) in [5.41, 5.74) is 0.106. The van der Waals surface area contributed by atoms with Crippen LogP contribution in [0.4, 0.5) is 11.4 Å². The largest absolute Gasteiger partial charge is 0.296 e. The molecule has 0 saturated carbocycles. The monoisotopic (exact) mass is 258 g/mol. The maximum atomic E-state index is 10.5. The first kappa shape index (κ1) is 9.98. The molecule has 6 heteroatoms. The Balaban J connectivity index is 3.42. The van der Waals surface area contributed by atoms with E-state index in [1.165, 1.54) is 6.07 Å². The van der Waals surface area contributed by atoms with E-state index in [-0.39, 0.29) is 11.4 Å². The van der Waals surface area contributed by atoms with Gasteiger partial charge < -0.3 is 0 Å². The van der Waals surface area contributed by atoms with E-state index in [0.717, 1.165) is 0 Å². The normalized spacial score (nSPS) is 9.00. The van der Waals surface area contributed by atoms with Gasteiger partial charge in [-0.15, -0.1) is 0 Å². The van der Waals surface area contributed by atoms with Crippen LogP contribution >= 0.6 is 28.1 Å². The molecule has 0 fully saturated rings. The van der Waals surface area contributed by atoms with Crippen molar-refractivity contribution < 1.29 is 4.92 Å². The lowest BCUT2D eigenvalue weighted by molar-refractivity contribution is -0.384. The van der Waals surface area contributed by atoms with Crippen LogP contribution in [0, 0.1) is 10.1 Å². The van der Waals surface area contributed by atoms with Crippen molar-refractivity contribution in [2.45, 2.75) is 0 Å². The number of aliphatic imine (C=N–C) groups is 1. The molecule has 0 radical (unpaired) electrons. The number of thiocarbonyl (C=S) groups is 1. The second kappa shape index (κ2) is 4.23. The summed E-state index contributed by atoms with van der Waals surface area (Å²) in [6.07, 6.45) is 0. The SMILES string of the molecule is O=[N+]([O-])c1cccc(Br)c1N=C=S. The van der Waals surface area contributed by atoms with Crippen molar-refractivity contribution in [3.8, 4) is 0 Å². The van der Waals surface area contributed by atoms with Gasteiger partial charge in [-0.05, 0) is 34.2 Å². The lowest BCUT2D eigenvalue weighted by Crippen LogP contribution is -1.88. The van der Waals surface area contributed by atoms with Crippen molar-refractivity contribution in [2.24, 2.45) is 4.99 Å². The van der Waals surface area contributed by atoms with Gasteiger partial charge in [-0.2, -0.15) is 4.99 Å². The fourth-order valence-corrected chi connectivity index (χ4v) is 1.34. The lowest BCUT2D eigenvalue weighted by atomic mass is 10.3. The van der Waals surface area contributed by atoms with Crippen LogP contribution in [0.25, 0.3) is 0 Å². The second-order valence-electron chi connectivity index (χ2n) is 2.07. The molecule has 0 atom stereocenters. The summed E-state index contributed by atoms with van der Waals surface area (Å²) in [4.78, 5) is 13.6. The van der Waals surface area contributed by atoms with E-state index >= 15 is 0 Å². The number of nitrogens with zero attached hydrogens (tertiary/aromatic N) is 2. The van der Waals surface area contributed by atoms with E-state index in [0.29, 0.717) is 4.47 Å². The summed E-state index contributed by atoms with van der Waals surface area (Å²) in [5.74, 6) is 0.